The van der Waals surface area contributed by atoms with Crippen LogP contribution in [0.2, 0.25) is 0 Å². The van der Waals surface area contributed by atoms with Gasteiger partial charge in [0.15, 0.2) is 0 Å². The summed E-state index contributed by atoms with van der Waals surface area (Å²) in [7, 11) is 1.60. The van der Waals surface area contributed by atoms with E-state index in [1.807, 2.05) is 18.2 Å². The molecule has 0 atom stereocenters. The summed E-state index contributed by atoms with van der Waals surface area (Å²) in [5, 5.41) is 3.16. The van der Waals surface area contributed by atoms with Gasteiger partial charge in [0.05, 0.1) is 5.56 Å². The molecule has 0 aliphatic rings. The lowest BCUT2D eigenvalue weighted by atomic mass is 10.1. The van der Waals surface area contributed by atoms with Crippen molar-refractivity contribution in [1.82, 2.24) is 14.9 Å². The second kappa shape index (κ2) is 9.41. The number of amides is 1. The van der Waals surface area contributed by atoms with Crippen LogP contribution in [0, 0.1) is 6.92 Å². The maximum Gasteiger partial charge on any atom is 0.265 e. The number of fused-ring (bicyclic) bond motifs is 1. The van der Waals surface area contributed by atoms with E-state index < -0.39 is 0 Å². The number of furan rings is 1. The standard InChI is InChI=1S/C22H28N4O3/c1-4-5-13-26(17-10-7-6-8-11-17)14-9-12-23-20(27)18-16(2)29-21-19(18)22(28)25(3)15-24-21/h6-8,10-11,15H,4-5,9,12-14H2,1-3H3,(H,23,27). The van der Waals surface area contributed by atoms with Gasteiger partial charge in [0, 0.05) is 32.4 Å². The first-order valence-electron chi connectivity index (χ1n) is 10.1. The second-order valence-corrected chi connectivity index (χ2v) is 7.16. The molecule has 0 aliphatic carbocycles. The minimum absolute atomic E-state index is 0.200. The number of benzene rings is 1. The van der Waals surface area contributed by atoms with E-state index in [0.29, 0.717) is 12.3 Å². The van der Waals surface area contributed by atoms with Crippen LogP contribution in [0.4, 0.5) is 5.69 Å². The fraction of sp³-hybridized carbons (Fsp3) is 0.409. The van der Waals surface area contributed by atoms with Gasteiger partial charge in [-0.3, -0.25) is 9.59 Å². The van der Waals surface area contributed by atoms with Crippen LogP contribution in [0.25, 0.3) is 11.1 Å². The molecule has 0 spiro atoms. The third-order valence-corrected chi connectivity index (χ3v) is 4.97. The summed E-state index contributed by atoms with van der Waals surface area (Å²) in [4.78, 5) is 31.6. The highest BCUT2D eigenvalue weighted by Gasteiger charge is 2.22. The van der Waals surface area contributed by atoms with Crippen molar-refractivity contribution in [2.75, 3.05) is 24.5 Å². The van der Waals surface area contributed by atoms with E-state index in [1.165, 1.54) is 16.6 Å². The maximum atomic E-state index is 12.7. The smallest absolute Gasteiger partial charge is 0.265 e. The topological polar surface area (TPSA) is 80.4 Å². The van der Waals surface area contributed by atoms with Gasteiger partial charge in [-0.2, -0.15) is 0 Å². The zero-order chi connectivity index (χ0) is 20.8. The van der Waals surface area contributed by atoms with Crippen molar-refractivity contribution >= 4 is 22.7 Å². The predicted octanol–water partition coefficient (Wildman–Crippen LogP) is 3.26. The van der Waals surface area contributed by atoms with Gasteiger partial charge in [0.2, 0.25) is 5.71 Å². The molecule has 0 unspecified atom stereocenters. The zero-order valence-electron chi connectivity index (χ0n) is 17.3. The summed E-state index contributed by atoms with van der Waals surface area (Å²) >= 11 is 0. The van der Waals surface area contributed by atoms with Crippen molar-refractivity contribution in [3.63, 3.8) is 0 Å². The van der Waals surface area contributed by atoms with Gasteiger partial charge in [-0.1, -0.05) is 31.5 Å². The average molecular weight is 396 g/mol. The monoisotopic (exact) mass is 396 g/mol. The lowest BCUT2D eigenvalue weighted by Gasteiger charge is -2.24. The van der Waals surface area contributed by atoms with Crippen molar-refractivity contribution < 1.29 is 9.21 Å². The second-order valence-electron chi connectivity index (χ2n) is 7.16. The number of carbonyl (C=O) groups is 1. The number of aryl methyl sites for hydroxylation is 2. The van der Waals surface area contributed by atoms with E-state index in [-0.39, 0.29) is 28.1 Å². The molecule has 154 valence electrons. The number of para-hydroxylation sites is 1. The molecule has 1 amide bonds. The third kappa shape index (κ3) is 4.67. The molecular weight excluding hydrogens is 368 g/mol. The van der Waals surface area contributed by atoms with Gasteiger partial charge in [0.1, 0.15) is 17.5 Å². The normalized spacial score (nSPS) is 11.0. The molecule has 0 radical (unpaired) electrons. The van der Waals surface area contributed by atoms with Crippen molar-refractivity contribution in [3.05, 3.63) is 58.3 Å². The largest absolute Gasteiger partial charge is 0.442 e. The number of carbonyl (C=O) groups excluding carboxylic acids is 1. The summed E-state index contributed by atoms with van der Waals surface area (Å²) in [5.74, 6) is 0.105. The first-order chi connectivity index (χ1) is 14.0. The van der Waals surface area contributed by atoms with E-state index in [9.17, 15) is 9.59 Å². The number of unbranched alkanes of at least 4 members (excludes halogenated alkanes) is 1. The Balaban J connectivity index is 1.64. The summed E-state index contributed by atoms with van der Waals surface area (Å²) in [6.07, 6.45) is 4.45. The maximum absolute atomic E-state index is 12.7. The first-order valence-corrected chi connectivity index (χ1v) is 10.1. The van der Waals surface area contributed by atoms with Gasteiger partial charge in [-0.25, -0.2) is 4.98 Å². The Morgan fingerprint density at radius 3 is 2.66 bits per heavy atom. The number of nitrogens with one attached hydrogen (secondary N) is 1. The molecule has 1 N–H and O–H groups in total. The fourth-order valence-electron chi connectivity index (χ4n) is 3.38. The van der Waals surface area contributed by atoms with Crippen LogP contribution >= 0.6 is 0 Å². The Labute approximate surface area is 170 Å². The lowest BCUT2D eigenvalue weighted by Crippen LogP contribution is -2.31. The Morgan fingerprint density at radius 2 is 1.93 bits per heavy atom. The van der Waals surface area contributed by atoms with Crippen LogP contribution in [0.5, 0.6) is 0 Å². The summed E-state index contributed by atoms with van der Waals surface area (Å²) in [5.41, 5.74) is 1.38. The Kier molecular flexibility index (Phi) is 6.69. The molecule has 0 aliphatic heterocycles. The Hall–Kier alpha value is -3.09. The van der Waals surface area contributed by atoms with Crippen LogP contribution in [0.15, 0.2) is 45.9 Å². The molecule has 0 saturated carbocycles. The highest BCUT2D eigenvalue weighted by Crippen LogP contribution is 2.20. The van der Waals surface area contributed by atoms with Crippen molar-refractivity contribution in [1.29, 1.82) is 0 Å². The first kappa shape index (κ1) is 20.6. The minimum Gasteiger partial charge on any atom is -0.442 e. The highest BCUT2D eigenvalue weighted by atomic mass is 16.3. The Bertz CT molecular complexity index is 1020. The molecule has 3 aromatic rings. The lowest BCUT2D eigenvalue weighted by molar-refractivity contribution is 0.0953. The van der Waals surface area contributed by atoms with Crippen LogP contribution in [-0.2, 0) is 7.05 Å². The molecule has 3 rings (SSSR count). The van der Waals surface area contributed by atoms with Crippen LogP contribution in [0.1, 0.15) is 42.3 Å². The van der Waals surface area contributed by atoms with E-state index in [0.717, 1.165) is 32.4 Å². The van der Waals surface area contributed by atoms with Gasteiger partial charge in [-0.15, -0.1) is 0 Å². The van der Waals surface area contributed by atoms with Gasteiger partial charge in [0.25, 0.3) is 11.5 Å². The number of nitrogens with zero attached hydrogens (tertiary/aromatic N) is 3. The van der Waals surface area contributed by atoms with Gasteiger partial charge >= 0.3 is 0 Å². The summed E-state index contributed by atoms with van der Waals surface area (Å²) < 4.78 is 6.86. The molecule has 0 bridgehead atoms. The molecule has 7 nitrogen and oxygen atoms in total. The summed E-state index contributed by atoms with van der Waals surface area (Å²) in [6.45, 7) is 6.21. The van der Waals surface area contributed by atoms with E-state index >= 15 is 0 Å². The number of aromatic nitrogens is 2. The SMILES string of the molecule is CCCCN(CCCNC(=O)c1c(C)oc2ncn(C)c(=O)c12)c1ccccc1. The number of rotatable bonds is 9. The third-order valence-electron chi connectivity index (χ3n) is 4.97. The molecule has 7 heteroatoms. The van der Waals surface area contributed by atoms with E-state index in [2.05, 4.69) is 34.3 Å². The highest BCUT2D eigenvalue weighted by molar-refractivity contribution is 6.06. The van der Waals surface area contributed by atoms with E-state index in [1.54, 1.807) is 14.0 Å². The van der Waals surface area contributed by atoms with Gasteiger partial charge in [-0.05, 0) is 31.9 Å². The molecule has 0 fully saturated rings. The Morgan fingerprint density at radius 1 is 1.21 bits per heavy atom. The molecule has 29 heavy (non-hydrogen) atoms. The van der Waals surface area contributed by atoms with Crippen molar-refractivity contribution in [3.8, 4) is 0 Å². The fourth-order valence-corrected chi connectivity index (χ4v) is 3.38. The average Bonchev–Trinajstić information content (AvgIpc) is 3.07. The molecule has 1 aromatic carbocycles. The van der Waals surface area contributed by atoms with Crippen molar-refractivity contribution in [2.24, 2.45) is 7.05 Å². The minimum atomic E-state index is -0.300. The quantitative estimate of drug-likeness (QED) is 0.562. The molecule has 2 heterocycles. The molecule has 2 aromatic heterocycles. The molecular formula is C22H28N4O3. The molecule has 0 saturated heterocycles. The zero-order valence-corrected chi connectivity index (χ0v) is 17.3. The number of hydrogen-bond donors (Lipinski definition) is 1. The number of anilines is 1. The van der Waals surface area contributed by atoms with Gasteiger partial charge < -0.3 is 19.2 Å². The van der Waals surface area contributed by atoms with Crippen LogP contribution < -0.4 is 15.8 Å². The predicted molar refractivity (Wildman–Crippen MR) is 115 cm³/mol. The van der Waals surface area contributed by atoms with Crippen LogP contribution in [0.3, 0.4) is 0 Å². The van der Waals surface area contributed by atoms with Crippen LogP contribution in [-0.4, -0.2) is 35.1 Å². The summed E-state index contributed by atoms with van der Waals surface area (Å²) in [6, 6.07) is 10.3. The van der Waals surface area contributed by atoms with Crippen molar-refractivity contribution in [2.45, 2.75) is 33.1 Å². The van der Waals surface area contributed by atoms with E-state index in [4.69, 9.17) is 4.42 Å². The number of hydrogen-bond acceptors (Lipinski definition) is 5.